The van der Waals surface area contributed by atoms with Gasteiger partial charge in [0.1, 0.15) is 6.04 Å². The molecule has 1 aliphatic carbocycles. The number of likely N-dealkylation sites (N-methyl/N-ethyl adjacent to an activating group) is 1. The molecule has 2 aromatic carbocycles. The second-order valence-corrected chi connectivity index (χ2v) is 12.2. The van der Waals surface area contributed by atoms with Crippen LogP contribution in [0.5, 0.6) is 0 Å². The fourth-order valence-electron chi connectivity index (χ4n) is 5.89. The number of hydrogen-bond donors (Lipinski definition) is 3. The van der Waals surface area contributed by atoms with Gasteiger partial charge in [0.2, 0.25) is 11.8 Å². The number of urea groups is 1. The number of anilines is 1. The molecule has 1 saturated carbocycles. The summed E-state index contributed by atoms with van der Waals surface area (Å²) in [6, 6.07) is 11.1. The van der Waals surface area contributed by atoms with E-state index in [9.17, 15) is 19.2 Å². The first kappa shape index (κ1) is 35.3. The lowest BCUT2D eigenvalue weighted by Gasteiger charge is -2.36. The summed E-state index contributed by atoms with van der Waals surface area (Å²) in [6.07, 6.45) is 3.79. The number of carbonyl (C=O) groups is 4. The number of nitrogens with one attached hydrogen (secondary N) is 3. The van der Waals surface area contributed by atoms with E-state index in [-0.39, 0.29) is 29.7 Å². The van der Waals surface area contributed by atoms with Gasteiger partial charge in [-0.1, -0.05) is 57.4 Å². The van der Waals surface area contributed by atoms with Gasteiger partial charge >= 0.3 is 17.9 Å². The lowest BCUT2D eigenvalue weighted by molar-refractivity contribution is -0.152. The van der Waals surface area contributed by atoms with E-state index in [4.69, 9.17) is 5.26 Å². The number of alkyl halides is 2. The number of benzene rings is 2. The van der Waals surface area contributed by atoms with Crippen LogP contribution in [-0.4, -0.2) is 83.9 Å². The first-order valence-electron chi connectivity index (χ1n) is 16.1. The van der Waals surface area contributed by atoms with E-state index in [1.807, 2.05) is 14.0 Å². The molecule has 2 atom stereocenters. The second-order valence-electron chi connectivity index (χ2n) is 12.2. The Morgan fingerprint density at radius 3 is 2.30 bits per heavy atom. The summed E-state index contributed by atoms with van der Waals surface area (Å²) >= 11 is 0. The lowest BCUT2D eigenvalue weighted by atomic mass is 9.91. The number of piperazine rings is 1. The van der Waals surface area contributed by atoms with E-state index in [2.05, 4.69) is 21.0 Å². The van der Waals surface area contributed by atoms with Crippen LogP contribution in [0.25, 0.3) is 0 Å². The fourth-order valence-corrected chi connectivity index (χ4v) is 5.89. The maximum Gasteiger partial charge on any atom is 0.351 e. The zero-order valence-electron chi connectivity index (χ0n) is 27.1. The van der Waals surface area contributed by atoms with Gasteiger partial charge < -0.3 is 20.4 Å². The van der Waals surface area contributed by atoms with Crippen molar-refractivity contribution in [1.29, 1.82) is 5.26 Å². The molecule has 2 aromatic rings. The van der Waals surface area contributed by atoms with Crippen LogP contribution >= 0.6 is 0 Å². The minimum atomic E-state index is -4.00. The third-order valence-electron chi connectivity index (χ3n) is 8.93. The summed E-state index contributed by atoms with van der Waals surface area (Å²) in [5.41, 5.74) is 2.60. The number of amides is 5. The molecule has 1 aliphatic heterocycles. The van der Waals surface area contributed by atoms with Crippen molar-refractivity contribution in [3.63, 3.8) is 0 Å². The smallest absolute Gasteiger partial charge is 0.344 e. The molecular formula is C34H43F2N7O4. The average Bonchev–Trinajstić information content (AvgIpc) is 3.09. The van der Waals surface area contributed by atoms with Gasteiger partial charge in [0, 0.05) is 49.8 Å². The SMILES string of the molecule is CCC(=O)N[C@@H](C(=O)N1CCN(C)CC1)[C@@H](C)c1ccc(NC(=O)N(NC(=O)C(F)(F)c2cccc(C#N)c2)C2CCCCC2)cc1. The Morgan fingerprint density at radius 2 is 1.68 bits per heavy atom. The Labute approximate surface area is 274 Å². The highest BCUT2D eigenvalue weighted by Crippen LogP contribution is 2.30. The number of hydrogen-bond acceptors (Lipinski definition) is 6. The van der Waals surface area contributed by atoms with Crippen molar-refractivity contribution < 1.29 is 28.0 Å². The highest BCUT2D eigenvalue weighted by Gasteiger charge is 2.43. The Bertz CT molecular complexity index is 1470. The van der Waals surface area contributed by atoms with Crippen molar-refractivity contribution >= 4 is 29.4 Å². The fraction of sp³-hybridized carbons (Fsp3) is 0.500. The van der Waals surface area contributed by atoms with Crippen LogP contribution in [0.3, 0.4) is 0 Å². The topological polar surface area (TPSA) is 138 Å². The summed E-state index contributed by atoms with van der Waals surface area (Å²) < 4.78 is 30.5. The third kappa shape index (κ3) is 8.83. The summed E-state index contributed by atoms with van der Waals surface area (Å²) in [5, 5.41) is 15.6. The van der Waals surface area contributed by atoms with Crippen molar-refractivity contribution in [3.8, 4) is 6.07 Å². The number of rotatable bonds is 9. The van der Waals surface area contributed by atoms with Gasteiger partial charge in [-0.15, -0.1) is 0 Å². The predicted octanol–water partition coefficient (Wildman–Crippen LogP) is 4.32. The normalized spacial score (nSPS) is 17.1. The lowest BCUT2D eigenvalue weighted by Crippen LogP contribution is -2.57. The molecule has 4 rings (SSSR count). The Balaban J connectivity index is 1.49. The molecule has 11 nitrogen and oxygen atoms in total. The number of carbonyl (C=O) groups excluding carboxylic acids is 4. The maximum absolute atomic E-state index is 15.2. The molecule has 13 heteroatoms. The largest absolute Gasteiger partial charge is 0.351 e. The van der Waals surface area contributed by atoms with Crippen LogP contribution in [0.4, 0.5) is 19.3 Å². The highest BCUT2D eigenvalue weighted by molar-refractivity contribution is 5.93. The van der Waals surface area contributed by atoms with E-state index in [1.165, 1.54) is 12.1 Å². The zero-order chi connectivity index (χ0) is 34.1. The molecule has 0 bridgehead atoms. The van der Waals surface area contributed by atoms with Gasteiger partial charge in [-0.3, -0.25) is 19.8 Å². The molecule has 5 amide bonds. The Morgan fingerprint density at radius 1 is 1.02 bits per heavy atom. The van der Waals surface area contributed by atoms with Crippen molar-refractivity contribution in [2.45, 2.75) is 76.3 Å². The van der Waals surface area contributed by atoms with Crippen molar-refractivity contribution in [2.75, 3.05) is 38.5 Å². The quantitative estimate of drug-likeness (QED) is 0.346. The van der Waals surface area contributed by atoms with E-state index < -0.39 is 35.5 Å². The van der Waals surface area contributed by atoms with Gasteiger partial charge in [-0.25, -0.2) is 9.80 Å². The van der Waals surface area contributed by atoms with E-state index in [0.717, 1.165) is 55.1 Å². The minimum Gasteiger partial charge on any atom is -0.344 e. The first-order chi connectivity index (χ1) is 22.4. The van der Waals surface area contributed by atoms with Crippen molar-refractivity contribution in [2.24, 2.45) is 0 Å². The van der Waals surface area contributed by atoms with Crippen LogP contribution < -0.4 is 16.1 Å². The molecule has 0 spiro atoms. The van der Waals surface area contributed by atoms with Gasteiger partial charge in [-0.2, -0.15) is 14.0 Å². The van der Waals surface area contributed by atoms with Gasteiger partial charge in [0.15, 0.2) is 0 Å². The Hall–Kier alpha value is -4.57. The highest BCUT2D eigenvalue weighted by atomic mass is 19.3. The minimum absolute atomic E-state index is 0.0163. The number of halogens is 2. The third-order valence-corrected chi connectivity index (χ3v) is 8.93. The maximum atomic E-state index is 15.2. The van der Waals surface area contributed by atoms with Gasteiger partial charge in [0.05, 0.1) is 17.7 Å². The molecular weight excluding hydrogens is 608 g/mol. The van der Waals surface area contributed by atoms with Crippen LogP contribution in [0.2, 0.25) is 0 Å². The molecule has 47 heavy (non-hydrogen) atoms. The molecule has 2 fully saturated rings. The van der Waals surface area contributed by atoms with Crippen LogP contribution in [0.15, 0.2) is 48.5 Å². The monoisotopic (exact) mass is 651 g/mol. The number of nitrogens with zero attached hydrogens (tertiary/aromatic N) is 4. The molecule has 1 heterocycles. The van der Waals surface area contributed by atoms with Gasteiger partial charge in [-0.05, 0) is 49.7 Å². The first-order valence-corrected chi connectivity index (χ1v) is 16.1. The van der Waals surface area contributed by atoms with E-state index >= 15 is 8.78 Å². The van der Waals surface area contributed by atoms with Crippen LogP contribution in [0, 0.1) is 11.3 Å². The summed E-state index contributed by atoms with van der Waals surface area (Å²) in [5.74, 6) is -6.45. The van der Waals surface area contributed by atoms with Crippen molar-refractivity contribution in [3.05, 3.63) is 65.2 Å². The molecule has 0 aromatic heterocycles. The van der Waals surface area contributed by atoms with Crippen molar-refractivity contribution in [1.82, 2.24) is 25.6 Å². The van der Waals surface area contributed by atoms with E-state index in [1.54, 1.807) is 42.2 Å². The number of nitriles is 1. The zero-order valence-corrected chi connectivity index (χ0v) is 27.1. The molecule has 0 radical (unpaired) electrons. The van der Waals surface area contributed by atoms with Gasteiger partial charge in [0.25, 0.3) is 0 Å². The molecule has 2 aliphatic rings. The molecule has 3 N–H and O–H groups in total. The molecule has 252 valence electrons. The Kier molecular flexibility index (Phi) is 11.9. The molecule has 0 unspecified atom stereocenters. The number of hydrazine groups is 1. The standard InChI is InChI=1S/C34H43F2N7O4/c1-4-29(44)39-30(31(45)42-19-17-41(3)18-20-42)23(2)25-13-15-27(16-14-25)38-33(47)43(28-11-6-5-7-12-28)40-32(46)34(35,36)26-10-8-9-24(21-26)22-37/h8-10,13-16,21,23,28,30H,4-7,11-12,17-20H2,1-3H3,(H,38,47)(H,39,44)(H,40,46)/t23-,30+/m0/s1. The predicted molar refractivity (Wildman–Crippen MR) is 172 cm³/mol. The second kappa shape index (κ2) is 15.8. The van der Waals surface area contributed by atoms with E-state index in [0.29, 0.717) is 31.6 Å². The molecule has 1 saturated heterocycles. The summed E-state index contributed by atoms with van der Waals surface area (Å²) in [7, 11) is 2.00. The van der Waals surface area contributed by atoms with Crippen LogP contribution in [-0.2, 0) is 20.3 Å². The summed E-state index contributed by atoms with van der Waals surface area (Å²) in [4.78, 5) is 56.2. The van der Waals surface area contributed by atoms with Crippen LogP contribution in [0.1, 0.15) is 75.0 Å². The summed E-state index contributed by atoms with van der Waals surface area (Å²) in [6.45, 7) is 6.20. The average molecular weight is 652 g/mol.